The van der Waals surface area contributed by atoms with Crippen molar-refractivity contribution >= 4 is 17.3 Å². The summed E-state index contributed by atoms with van der Waals surface area (Å²) in [5.41, 5.74) is 1.27. The lowest BCUT2D eigenvalue weighted by atomic mass is 10.0. The molecule has 0 radical (unpaired) electrons. The first kappa shape index (κ1) is 21.5. The van der Waals surface area contributed by atoms with Gasteiger partial charge < -0.3 is 9.80 Å². The highest BCUT2D eigenvalue weighted by molar-refractivity contribution is 5.95. The minimum absolute atomic E-state index is 0.0721. The maximum absolute atomic E-state index is 13.0. The molecule has 30 heavy (non-hydrogen) atoms. The summed E-state index contributed by atoms with van der Waals surface area (Å²) in [7, 11) is 1.91. The fourth-order valence-electron chi connectivity index (χ4n) is 3.63. The molecule has 0 aliphatic carbocycles. The van der Waals surface area contributed by atoms with Crippen LogP contribution in [0.1, 0.15) is 48.7 Å². The van der Waals surface area contributed by atoms with Gasteiger partial charge in [0.15, 0.2) is 0 Å². The van der Waals surface area contributed by atoms with Crippen LogP contribution in [0.3, 0.4) is 0 Å². The number of hydrogen-bond donors (Lipinski definition) is 0. The molecule has 1 saturated heterocycles. The molecule has 1 aliphatic heterocycles. The lowest BCUT2D eigenvalue weighted by Crippen LogP contribution is -2.43. The summed E-state index contributed by atoms with van der Waals surface area (Å²) in [6, 6.07) is 6.09. The second kappa shape index (κ2) is 8.64. The van der Waals surface area contributed by atoms with E-state index < -0.39 is 4.92 Å². The van der Waals surface area contributed by atoms with Crippen LogP contribution in [0.2, 0.25) is 0 Å². The number of piperidine rings is 1. The number of amides is 1. The van der Waals surface area contributed by atoms with Crippen LogP contribution < -0.4 is 10.5 Å². The smallest absolute Gasteiger partial charge is 0.273 e. The van der Waals surface area contributed by atoms with E-state index in [0.29, 0.717) is 18.7 Å². The van der Waals surface area contributed by atoms with Crippen molar-refractivity contribution < 1.29 is 9.72 Å². The molecular formula is C21H27N5O4. The number of hydrogen-bond acceptors (Lipinski definition) is 6. The minimum atomic E-state index is -0.482. The third kappa shape index (κ3) is 4.34. The molecule has 2 aromatic rings. The Morgan fingerprint density at radius 2 is 2.07 bits per heavy atom. The molecule has 2 heterocycles. The monoisotopic (exact) mass is 413 g/mol. The number of carbonyl (C=O) groups excluding carboxylic acids is 1. The molecule has 9 heteroatoms. The molecule has 160 valence electrons. The van der Waals surface area contributed by atoms with Crippen molar-refractivity contribution in [3.05, 3.63) is 62.1 Å². The highest BCUT2D eigenvalue weighted by atomic mass is 16.6. The number of likely N-dealkylation sites (tertiary alicyclic amines) is 1. The van der Waals surface area contributed by atoms with E-state index in [2.05, 4.69) is 5.10 Å². The fraction of sp³-hybridized carbons (Fsp3) is 0.476. The van der Waals surface area contributed by atoms with Gasteiger partial charge in [-0.3, -0.25) is 19.7 Å². The van der Waals surface area contributed by atoms with Crippen molar-refractivity contribution in [2.24, 2.45) is 0 Å². The summed E-state index contributed by atoms with van der Waals surface area (Å²) in [6.45, 7) is 6.59. The third-order valence-corrected chi connectivity index (χ3v) is 5.68. The van der Waals surface area contributed by atoms with Crippen LogP contribution in [0.15, 0.2) is 35.3 Å². The topological polar surface area (TPSA) is 102 Å². The van der Waals surface area contributed by atoms with Crippen LogP contribution in [0.4, 0.5) is 11.4 Å². The number of rotatable bonds is 5. The number of benzene rings is 1. The average molecular weight is 413 g/mol. The van der Waals surface area contributed by atoms with Gasteiger partial charge in [0.25, 0.3) is 17.2 Å². The molecule has 3 rings (SSSR count). The Morgan fingerprint density at radius 3 is 2.70 bits per heavy atom. The zero-order chi connectivity index (χ0) is 22.0. The Hall–Kier alpha value is -3.23. The molecule has 1 aromatic carbocycles. The molecule has 0 saturated carbocycles. The van der Waals surface area contributed by atoms with E-state index in [4.69, 9.17) is 0 Å². The van der Waals surface area contributed by atoms with Gasteiger partial charge in [0.2, 0.25) is 0 Å². The zero-order valence-corrected chi connectivity index (χ0v) is 17.7. The Bertz CT molecular complexity index is 1020. The molecule has 9 nitrogen and oxygen atoms in total. The summed E-state index contributed by atoms with van der Waals surface area (Å²) in [4.78, 5) is 39.9. The number of aromatic nitrogens is 2. The Balaban J connectivity index is 1.80. The molecule has 1 aromatic heterocycles. The standard InChI is InChI=1S/C21H27N5O4/c1-14(2)23(4)18-11-20(27)25(22-12-18)17-6-5-9-24(13-17)21(28)16-8-7-15(3)19(10-16)26(29)30/h7-8,10-12,14,17H,5-6,9,13H2,1-4H3. The maximum Gasteiger partial charge on any atom is 0.273 e. The van der Waals surface area contributed by atoms with Crippen LogP contribution in [0, 0.1) is 17.0 Å². The highest BCUT2D eigenvalue weighted by Gasteiger charge is 2.28. The van der Waals surface area contributed by atoms with Gasteiger partial charge in [0, 0.05) is 49.4 Å². The quantitative estimate of drug-likeness (QED) is 0.552. The number of anilines is 1. The van der Waals surface area contributed by atoms with Gasteiger partial charge in [0.1, 0.15) is 0 Å². The molecule has 0 spiro atoms. The van der Waals surface area contributed by atoms with E-state index in [1.165, 1.54) is 10.7 Å². The summed E-state index contributed by atoms with van der Waals surface area (Å²) >= 11 is 0. The zero-order valence-electron chi connectivity index (χ0n) is 17.7. The Kier molecular flexibility index (Phi) is 6.19. The van der Waals surface area contributed by atoms with E-state index in [1.54, 1.807) is 36.2 Å². The molecule has 1 amide bonds. The number of nitro groups is 1. The summed E-state index contributed by atoms with van der Waals surface area (Å²) in [5.74, 6) is -0.271. The molecule has 1 unspecified atom stereocenters. The first-order chi connectivity index (χ1) is 14.2. The van der Waals surface area contributed by atoms with Gasteiger partial charge in [-0.2, -0.15) is 5.10 Å². The first-order valence-electron chi connectivity index (χ1n) is 10.0. The molecule has 0 N–H and O–H groups in total. The summed E-state index contributed by atoms with van der Waals surface area (Å²) in [6.07, 6.45) is 3.14. The van der Waals surface area contributed by atoms with E-state index in [-0.39, 0.29) is 34.8 Å². The van der Waals surface area contributed by atoms with Crippen LogP contribution in [0.5, 0.6) is 0 Å². The fourth-order valence-corrected chi connectivity index (χ4v) is 3.63. The van der Waals surface area contributed by atoms with Gasteiger partial charge in [-0.05, 0) is 39.7 Å². The highest BCUT2D eigenvalue weighted by Crippen LogP contribution is 2.24. The largest absolute Gasteiger partial charge is 0.371 e. The summed E-state index contributed by atoms with van der Waals surface area (Å²) < 4.78 is 1.44. The minimum Gasteiger partial charge on any atom is -0.371 e. The van der Waals surface area contributed by atoms with Crippen molar-refractivity contribution in [3.8, 4) is 0 Å². The summed E-state index contributed by atoms with van der Waals surface area (Å²) in [5, 5.41) is 15.6. The number of nitrogens with zero attached hydrogens (tertiary/aromatic N) is 5. The van der Waals surface area contributed by atoms with Crippen molar-refractivity contribution in [2.45, 2.75) is 45.7 Å². The number of aryl methyl sites for hydroxylation is 1. The average Bonchev–Trinajstić information content (AvgIpc) is 2.72. The van der Waals surface area contributed by atoms with Crippen LogP contribution in [-0.2, 0) is 0 Å². The van der Waals surface area contributed by atoms with E-state index in [0.717, 1.165) is 18.5 Å². The lowest BCUT2D eigenvalue weighted by Gasteiger charge is -2.33. The Labute approximate surface area is 175 Å². The lowest BCUT2D eigenvalue weighted by molar-refractivity contribution is -0.385. The van der Waals surface area contributed by atoms with Crippen LogP contribution in [0.25, 0.3) is 0 Å². The molecule has 1 aliphatic rings. The van der Waals surface area contributed by atoms with Gasteiger partial charge in [-0.1, -0.05) is 6.07 Å². The van der Waals surface area contributed by atoms with Gasteiger partial charge >= 0.3 is 0 Å². The maximum atomic E-state index is 13.0. The van der Waals surface area contributed by atoms with Crippen LogP contribution >= 0.6 is 0 Å². The van der Waals surface area contributed by atoms with E-state index >= 15 is 0 Å². The van der Waals surface area contributed by atoms with Crippen molar-refractivity contribution in [1.29, 1.82) is 0 Å². The predicted molar refractivity (Wildman–Crippen MR) is 114 cm³/mol. The van der Waals surface area contributed by atoms with Crippen molar-refractivity contribution in [1.82, 2.24) is 14.7 Å². The second-order valence-corrected chi connectivity index (χ2v) is 8.01. The van der Waals surface area contributed by atoms with Gasteiger partial charge in [-0.15, -0.1) is 0 Å². The van der Waals surface area contributed by atoms with Gasteiger partial charge in [-0.25, -0.2) is 4.68 Å². The molecular weight excluding hydrogens is 386 g/mol. The second-order valence-electron chi connectivity index (χ2n) is 8.01. The molecule has 1 fully saturated rings. The molecule has 0 bridgehead atoms. The normalized spacial score (nSPS) is 16.6. The Morgan fingerprint density at radius 1 is 1.33 bits per heavy atom. The number of nitro benzene ring substituents is 1. The molecule has 1 atom stereocenters. The van der Waals surface area contributed by atoms with Crippen molar-refractivity contribution in [2.75, 3.05) is 25.0 Å². The van der Waals surface area contributed by atoms with Crippen molar-refractivity contribution in [3.63, 3.8) is 0 Å². The van der Waals surface area contributed by atoms with E-state index in [1.807, 2.05) is 25.8 Å². The SMILES string of the molecule is Cc1ccc(C(=O)N2CCCC(n3ncc(N(C)C(C)C)cc3=O)C2)cc1[N+](=O)[O-]. The number of carbonyl (C=O) groups is 1. The van der Waals surface area contributed by atoms with Gasteiger partial charge in [0.05, 0.1) is 22.8 Å². The van der Waals surface area contributed by atoms with Crippen LogP contribution in [-0.4, -0.2) is 51.7 Å². The first-order valence-corrected chi connectivity index (χ1v) is 10.0. The third-order valence-electron chi connectivity index (χ3n) is 5.68. The van der Waals surface area contributed by atoms with E-state index in [9.17, 15) is 19.7 Å². The predicted octanol–water partition coefficient (Wildman–Crippen LogP) is 2.78.